The Hall–Kier alpha value is -3.15. The molecule has 0 unspecified atom stereocenters. The molecule has 0 saturated carbocycles. The monoisotopic (exact) mass is 349 g/mol. The van der Waals surface area contributed by atoms with Crippen molar-refractivity contribution in [3.63, 3.8) is 0 Å². The van der Waals surface area contributed by atoms with Gasteiger partial charge in [-0.3, -0.25) is 4.79 Å². The van der Waals surface area contributed by atoms with E-state index in [0.29, 0.717) is 19.0 Å². The van der Waals surface area contributed by atoms with Gasteiger partial charge in [0, 0.05) is 30.2 Å². The lowest BCUT2D eigenvalue weighted by molar-refractivity contribution is 0.0688. The number of nitrogens with zero attached hydrogens (tertiary/aromatic N) is 2. The Balaban J connectivity index is 1.47. The molecule has 3 heterocycles. The van der Waals surface area contributed by atoms with Gasteiger partial charge in [0.1, 0.15) is 11.4 Å². The van der Waals surface area contributed by atoms with Crippen molar-refractivity contribution < 1.29 is 14.7 Å². The first-order valence-corrected chi connectivity index (χ1v) is 8.69. The lowest BCUT2D eigenvalue weighted by atomic mass is 9.89. The summed E-state index contributed by atoms with van der Waals surface area (Å²) >= 11 is 0. The van der Waals surface area contributed by atoms with Gasteiger partial charge in [0.25, 0.3) is 5.91 Å². The number of H-pyrrole nitrogens is 1. The van der Waals surface area contributed by atoms with E-state index in [1.54, 1.807) is 17.0 Å². The van der Waals surface area contributed by atoms with Crippen molar-refractivity contribution in [2.45, 2.75) is 18.8 Å². The van der Waals surface area contributed by atoms with Crippen molar-refractivity contribution in [1.29, 1.82) is 0 Å². The minimum Gasteiger partial charge on any atom is -0.477 e. The van der Waals surface area contributed by atoms with E-state index < -0.39 is 5.97 Å². The summed E-state index contributed by atoms with van der Waals surface area (Å²) in [5.41, 5.74) is 2.52. The highest BCUT2D eigenvalue weighted by atomic mass is 16.4. The number of aromatic nitrogens is 2. The Morgan fingerprint density at radius 2 is 1.77 bits per heavy atom. The molecular formula is C20H19N3O3. The van der Waals surface area contributed by atoms with E-state index >= 15 is 0 Å². The number of carboxylic acid groups (broad SMARTS) is 1. The molecule has 4 rings (SSSR count). The maximum Gasteiger partial charge on any atom is 0.354 e. The first kappa shape index (κ1) is 16.3. The fraction of sp³-hybridized carbons (Fsp3) is 0.250. The molecule has 3 aromatic rings. The van der Waals surface area contributed by atoms with Crippen LogP contribution in [-0.2, 0) is 0 Å². The molecule has 6 nitrogen and oxygen atoms in total. The quantitative estimate of drug-likeness (QED) is 0.760. The molecule has 1 aromatic carbocycles. The highest BCUT2D eigenvalue weighted by Crippen LogP contribution is 2.33. The van der Waals surface area contributed by atoms with E-state index in [2.05, 4.69) is 28.3 Å². The number of fused-ring (bicyclic) bond motifs is 1. The van der Waals surface area contributed by atoms with Crippen LogP contribution in [0.3, 0.4) is 0 Å². The Labute approximate surface area is 150 Å². The maximum atomic E-state index is 12.6. The lowest BCUT2D eigenvalue weighted by Crippen LogP contribution is -2.38. The molecule has 26 heavy (non-hydrogen) atoms. The fourth-order valence-electron chi connectivity index (χ4n) is 3.66. The molecule has 0 bridgehead atoms. The van der Waals surface area contributed by atoms with Crippen LogP contribution in [0.2, 0.25) is 0 Å². The molecule has 0 atom stereocenters. The first-order valence-electron chi connectivity index (χ1n) is 8.69. The normalized spacial score (nSPS) is 15.3. The molecule has 0 radical (unpaired) electrons. The molecule has 1 saturated heterocycles. The lowest BCUT2D eigenvalue weighted by Gasteiger charge is -2.31. The Kier molecular flexibility index (Phi) is 4.16. The number of piperidine rings is 1. The van der Waals surface area contributed by atoms with Crippen LogP contribution in [0.1, 0.15) is 45.3 Å². The number of benzene rings is 1. The van der Waals surface area contributed by atoms with E-state index in [9.17, 15) is 9.59 Å². The van der Waals surface area contributed by atoms with E-state index in [1.165, 1.54) is 17.0 Å². The van der Waals surface area contributed by atoms with Gasteiger partial charge in [-0.05, 0) is 42.5 Å². The second-order valence-corrected chi connectivity index (χ2v) is 6.57. The summed E-state index contributed by atoms with van der Waals surface area (Å²) in [6.45, 7) is 1.28. The molecular weight excluding hydrogens is 330 g/mol. The van der Waals surface area contributed by atoms with Crippen molar-refractivity contribution in [1.82, 2.24) is 14.9 Å². The van der Waals surface area contributed by atoms with Crippen LogP contribution in [0.15, 0.2) is 48.7 Å². The molecule has 0 spiro atoms. The van der Waals surface area contributed by atoms with Crippen molar-refractivity contribution >= 4 is 22.8 Å². The smallest absolute Gasteiger partial charge is 0.354 e. The van der Waals surface area contributed by atoms with E-state index in [4.69, 9.17) is 5.11 Å². The Morgan fingerprint density at radius 3 is 2.54 bits per heavy atom. The number of likely N-dealkylation sites (tertiary alicyclic amines) is 1. The van der Waals surface area contributed by atoms with E-state index in [-0.39, 0.29) is 17.3 Å². The number of aromatic carboxylic acids is 1. The minimum atomic E-state index is -1.13. The highest BCUT2D eigenvalue weighted by Gasteiger charge is 2.26. The van der Waals surface area contributed by atoms with Gasteiger partial charge in [-0.2, -0.15) is 0 Å². The highest BCUT2D eigenvalue weighted by molar-refractivity contribution is 5.94. The van der Waals surface area contributed by atoms with Crippen molar-refractivity contribution in [2.75, 3.05) is 13.1 Å². The van der Waals surface area contributed by atoms with Crippen molar-refractivity contribution in [3.05, 3.63) is 65.6 Å². The van der Waals surface area contributed by atoms with Gasteiger partial charge in [0.2, 0.25) is 0 Å². The second-order valence-electron chi connectivity index (χ2n) is 6.57. The number of hydrogen-bond acceptors (Lipinski definition) is 3. The Morgan fingerprint density at radius 1 is 1.04 bits per heavy atom. The van der Waals surface area contributed by atoms with E-state index in [1.807, 2.05) is 12.1 Å². The zero-order chi connectivity index (χ0) is 18.1. The SMILES string of the molecule is O=C(O)c1cccc(C(=O)N2CCC(c3c[nH]c4ccccc34)CC2)n1. The maximum absolute atomic E-state index is 12.6. The summed E-state index contributed by atoms with van der Waals surface area (Å²) in [6.07, 6.45) is 3.84. The predicted octanol–water partition coefficient (Wildman–Crippen LogP) is 3.28. The second kappa shape index (κ2) is 6.63. The molecule has 2 N–H and O–H groups in total. The molecule has 1 fully saturated rings. The summed E-state index contributed by atoms with van der Waals surface area (Å²) in [7, 11) is 0. The molecule has 132 valence electrons. The number of hydrogen-bond donors (Lipinski definition) is 2. The number of pyridine rings is 1. The van der Waals surface area contributed by atoms with Gasteiger partial charge < -0.3 is 15.0 Å². The Bertz CT molecular complexity index is 971. The number of rotatable bonds is 3. The third-order valence-corrected chi connectivity index (χ3v) is 5.03. The molecule has 1 amide bonds. The van der Waals surface area contributed by atoms with E-state index in [0.717, 1.165) is 18.4 Å². The number of carbonyl (C=O) groups is 2. The van der Waals surface area contributed by atoms with Crippen LogP contribution in [0.5, 0.6) is 0 Å². The van der Waals surface area contributed by atoms with Gasteiger partial charge in [-0.25, -0.2) is 9.78 Å². The third kappa shape index (κ3) is 2.94. The van der Waals surface area contributed by atoms with Crippen molar-refractivity contribution in [3.8, 4) is 0 Å². The summed E-state index contributed by atoms with van der Waals surface area (Å²) in [5.74, 6) is -0.920. The van der Waals surface area contributed by atoms with Gasteiger partial charge in [0.15, 0.2) is 0 Å². The third-order valence-electron chi connectivity index (χ3n) is 5.03. The van der Waals surface area contributed by atoms with Gasteiger partial charge in [-0.15, -0.1) is 0 Å². The van der Waals surface area contributed by atoms with Crippen LogP contribution in [-0.4, -0.2) is 44.9 Å². The topological polar surface area (TPSA) is 86.3 Å². The number of carbonyl (C=O) groups excluding carboxylic acids is 1. The van der Waals surface area contributed by atoms with Gasteiger partial charge in [0.05, 0.1) is 0 Å². The molecule has 1 aliphatic heterocycles. The summed E-state index contributed by atoms with van der Waals surface area (Å²) in [4.78, 5) is 32.7. The summed E-state index contributed by atoms with van der Waals surface area (Å²) in [6, 6.07) is 12.8. The van der Waals surface area contributed by atoms with Crippen molar-refractivity contribution in [2.24, 2.45) is 0 Å². The van der Waals surface area contributed by atoms with Gasteiger partial charge >= 0.3 is 5.97 Å². The van der Waals surface area contributed by atoms with Crippen LogP contribution < -0.4 is 0 Å². The summed E-state index contributed by atoms with van der Waals surface area (Å²) in [5, 5.41) is 10.3. The number of carboxylic acids is 1. The van der Waals surface area contributed by atoms with Crippen LogP contribution in [0, 0.1) is 0 Å². The molecule has 2 aromatic heterocycles. The molecule has 1 aliphatic rings. The zero-order valence-corrected chi connectivity index (χ0v) is 14.2. The number of para-hydroxylation sites is 1. The standard InChI is InChI=1S/C20H19N3O3/c24-19(17-6-3-7-18(22-17)20(25)26)23-10-8-13(9-11-23)15-12-21-16-5-2-1-4-14(15)16/h1-7,12-13,21H,8-11H2,(H,25,26). The van der Waals surface area contributed by atoms with Crippen LogP contribution in [0.4, 0.5) is 0 Å². The minimum absolute atomic E-state index is 0.107. The largest absolute Gasteiger partial charge is 0.477 e. The average Bonchev–Trinajstić information content (AvgIpc) is 3.12. The predicted molar refractivity (Wildman–Crippen MR) is 97.4 cm³/mol. The number of aromatic amines is 1. The van der Waals surface area contributed by atoms with Gasteiger partial charge in [-0.1, -0.05) is 24.3 Å². The number of nitrogens with one attached hydrogen (secondary N) is 1. The molecule has 0 aliphatic carbocycles. The summed E-state index contributed by atoms with van der Waals surface area (Å²) < 4.78 is 0. The molecule has 6 heteroatoms. The first-order chi connectivity index (χ1) is 12.6. The number of amides is 1. The zero-order valence-electron chi connectivity index (χ0n) is 14.2. The fourth-order valence-corrected chi connectivity index (χ4v) is 3.66. The van der Waals surface area contributed by atoms with Crippen LogP contribution >= 0.6 is 0 Å². The van der Waals surface area contributed by atoms with Crippen LogP contribution in [0.25, 0.3) is 10.9 Å². The average molecular weight is 349 g/mol.